The van der Waals surface area contributed by atoms with Crippen LogP contribution < -0.4 is 16.0 Å². The molecule has 0 atom stereocenters. The number of hydrazine groups is 1. The predicted molar refractivity (Wildman–Crippen MR) is 67.9 cm³/mol. The molecule has 8 heteroatoms. The molecule has 0 aliphatic carbocycles. The van der Waals surface area contributed by atoms with Crippen molar-refractivity contribution in [1.82, 2.24) is 5.43 Å². The van der Waals surface area contributed by atoms with Gasteiger partial charge >= 0.3 is 0 Å². The van der Waals surface area contributed by atoms with Crippen molar-refractivity contribution in [1.29, 1.82) is 0 Å². The Morgan fingerprint density at radius 2 is 2.28 bits per heavy atom. The number of nitro benzene ring substituents is 1. The molecule has 18 heavy (non-hydrogen) atoms. The molecule has 7 nitrogen and oxygen atoms in total. The van der Waals surface area contributed by atoms with Gasteiger partial charge in [-0.15, -0.1) is 0 Å². The molecular weight excluding hydrogens is 306 g/mol. The summed E-state index contributed by atoms with van der Waals surface area (Å²) < 4.78 is 5.97. The van der Waals surface area contributed by atoms with Crippen LogP contribution >= 0.6 is 15.9 Å². The lowest BCUT2D eigenvalue weighted by Crippen LogP contribution is -2.29. The summed E-state index contributed by atoms with van der Waals surface area (Å²) in [4.78, 5) is 20.9. The SMILES string of the molecule is NNC(=O)CCCOc1cc([N+](=O)[O-])ccc1Br. The lowest BCUT2D eigenvalue weighted by atomic mass is 10.3. The molecule has 3 N–H and O–H groups in total. The molecule has 1 aromatic rings. The van der Waals surface area contributed by atoms with Gasteiger partial charge in [-0.2, -0.15) is 0 Å². The molecule has 0 aliphatic rings. The normalized spacial score (nSPS) is 9.89. The number of hydrogen-bond acceptors (Lipinski definition) is 5. The van der Waals surface area contributed by atoms with Gasteiger partial charge in [0.2, 0.25) is 5.91 Å². The highest BCUT2D eigenvalue weighted by molar-refractivity contribution is 9.10. The second-order valence-electron chi connectivity index (χ2n) is 3.39. The number of hydrogen-bond donors (Lipinski definition) is 2. The van der Waals surface area contributed by atoms with E-state index in [1.165, 1.54) is 12.1 Å². The number of carbonyl (C=O) groups is 1. The molecule has 1 amide bonds. The Balaban J connectivity index is 2.53. The number of nitrogens with one attached hydrogen (secondary N) is 1. The Morgan fingerprint density at radius 1 is 1.56 bits per heavy atom. The van der Waals surface area contributed by atoms with Gasteiger partial charge in [-0.05, 0) is 28.4 Å². The number of halogens is 1. The van der Waals surface area contributed by atoms with Crippen LogP contribution in [0.15, 0.2) is 22.7 Å². The van der Waals surface area contributed by atoms with Crippen molar-refractivity contribution in [2.75, 3.05) is 6.61 Å². The number of non-ortho nitro benzene ring substituents is 1. The summed E-state index contributed by atoms with van der Waals surface area (Å²) in [5, 5.41) is 10.6. The standard InChI is InChI=1S/C10H12BrN3O4/c11-8-4-3-7(14(16)17)6-9(8)18-5-1-2-10(15)13-12/h3-4,6H,1-2,5,12H2,(H,13,15). The minimum absolute atomic E-state index is 0.0482. The van der Waals surface area contributed by atoms with E-state index in [0.717, 1.165) is 0 Å². The molecule has 0 aromatic heterocycles. The Morgan fingerprint density at radius 3 is 2.89 bits per heavy atom. The second-order valence-corrected chi connectivity index (χ2v) is 4.25. The molecule has 0 radical (unpaired) electrons. The highest BCUT2D eigenvalue weighted by Crippen LogP contribution is 2.29. The van der Waals surface area contributed by atoms with Gasteiger partial charge in [0.25, 0.3) is 5.69 Å². The van der Waals surface area contributed by atoms with Crippen LogP contribution in [0, 0.1) is 10.1 Å². The van der Waals surface area contributed by atoms with Crippen molar-refractivity contribution in [3.05, 3.63) is 32.8 Å². The lowest BCUT2D eigenvalue weighted by molar-refractivity contribution is -0.385. The van der Waals surface area contributed by atoms with Gasteiger partial charge < -0.3 is 4.74 Å². The predicted octanol–water partition coefficient (Wildman–Crippen LogP) is 1.51. The number of nitrogens with zero attached hydrogens (tertiary/aromatic N) is 1. The van der Waals surface area contributed by atoms with Gasteiger partial charge in [0.05, 0.1) is 22.1 Å². The zero-order valence-corrected chi connectivity index (χ0v) is 11.0. The van der Waals surface area contributed by atoms with Crippen molar-refractivity contribution < 1.29 is 14.5 Å². The number of carbonyl (C=O) groups excluding carboxylic acids is 1. The quantitative estimate of drug-likeness (QED) is 0.272. The van der Waals surface area contributed by atoms with Crippen LogP contribution in [0.5, 0.6) is 5.75 Å². The first-order valence-electron chi connectivity index (χ1n) is 5.10. The first-order valence-corrected chi connectivity index (χ1v) is 5.90. The molecular formula is C10H12BrN3O4. The fourth-order valence-electron chi connectivity index (χ4n) is 1.20. The maximum atomic E-state index is 10.8. The van der Waals surface area contributed by atoms with Crippen LogP contribution in [0.1, 0.15) is 12.8 Å². The van der Waals surface area contributed by atoms with Gasteiger partial charge in [0, 0.05) is 12.5 Å². The number of amides is 1. The van der Waals surface area contributed by atoms with E-state index in [1.54, 1.807) is 6.07 Å². The second kappa shape index (κ2) is 6.92. The number of nitrogens with two attached hydrogens (primary N) is 1. The summed E-state index contributed by atoms with van der Waals surface area (Å²) in [7, 11) is 0. The Hall–Kier alpha value is -1.67. The number of nitro groups is 1. The van der Waals surface area contributed by atoms with Crippen molar-refractivity contribution in [2.24, 2.45) is 5.84 Å². The molecule has 0 bridgehead atoms. The fraction of sp³-hybridized carbons (Fsp3) is 0.300. The van der Waals surface area contributed by atoms with Gasteiger partial charge in [-0.25, -0.2) is 5.84 Å². The molecule has 0 saturated carbocycles. The van der Waals surface area contributed by atoms with Crippen molar-refractivity contribution in [3.63, 3.8) is 0 Å². The van der Waals surface area contributed by atoms with Crippen LogP contribution in [0.2, 0.25) is 0 Å². The average molecular weight is 318 g/mol. The van der Waals surface area contributed by atoms with Crippen LogP contribution in [-0.4, -0.2) is 17.4 Å². The number of rotatable bonds is 6. The van der Waals surface area contributed by atoms with Crippen molar-refractivity contribution >= 4 is 27.5 Å². The number of ether oxygens (including phenoxy) is 1. The molecule has 0 heterocycles. The number of benzene rings is 1. The highest BCUT2D eigenvalue weighted by Gasteiger charge is 2.10. The Bertz CT molecular complexity index is 453. The molecule has 0 aliphatic heterocycles. The maximum absolute atomic E-state index is 10.8. The zero-order valence-electron chi connectivity index (χ0n) is 9.39. The van der Waals surface area contributed by atoms with Crippen LogP contribution in [0.4, 0.5) is 5.69 Å². The lowest BCUT2D eigenvalue weighted by Gasteiger charge is -2.07. The summed E-state index contributed by atoms with van der Waals surface area (Å²) >= 11 is 3.23. The summed E-state index contributed by atoms with van der Waals surface area (Å²) in [6, 6.07) is 4.24. The summed E-state index contributed by atoms with van der Waals surface area (Å²) in [6.45, 7) is 0.271. The van der Waals surface area contributed by atoms with Crippen LogP contribution in [-0.2, 0) is 4.79 Å². The molecule has 0 unspecified atom stereocenters. The van der Waals surface area contributed by atoms with Gasteiger partial charge in [-0.3, -0.25) is 20.3 Å². The summed E-state index contributed by atoms with van der Waals surface area (Å²) in [5.41, 5.74) is 1.96. The first-order chi connectivity index (χ1) is 8.54. The zero-order chi connectivity index (χ0) is 13.5. The van der Waals surface area contributed by atoms with Gasteiger partial charge in [-0.1, -0.05) is 0 Å². The Labute approximate surface area is 112 Å². The van der Waals surface area contributed by atoms with E-state index in [4.69, 9.17) is 10.6 Å². The molecule has 98 valence electrons. The van der Waals surface area contributed by atoms with E-state index in [9.17, 15) is 14.9 Å². The van der Waals surface area contributed by atoms with E-state index >= 15 is 0 Å². The Kier molecular flexibility index (Phi) is 5.53. The van der Waals surface area contributed by atoms with Gasteiger partial charge in [0.15, 0.2) is 0 Å². The molecule has 0 fully saturated rings. The highest BCUT2D eigenvalue weighted by atomic mass is 79.9. The largest absolute Gasteiger partial charge is 0.492 e. The molecule has 0 saturated heterocycles. The third-order valence-corrected chi connectivity index (χ3v) is 2.75. The van der Waals surface area contributed by atoms with E-state index in [1.807, 2.05) is 5.43 Å². The fourth-order valence-corrected chi connectivity index (χ4v) is 1.56. The average Bonchev–Trinajstić information content (AvgIpc) is 2.35. The van der Waals surface area contributed by atoms with E-state index < -0.39 is 4.92 Å². The van der Waals surface area contributed by atoms with Crippen LogP contribution in [0.25, 0.3) is 0 Å². The molecule has 0 spiro atoms. The topological polar surface area (TPSA) is 107 Å². The van der Waals surface area contributed by atoms with Crippen LogP contribution in [0.3, 0.4) is 0 Å². The van der Waals surface area contributed by atoms with Gasteiger partial charge in [0.1, 0.15) is 5.75 Å². The first kappa shape index (κ1) is 14.4. The van der Waals surface area contributed by atoms with E-state index in [0.29, 0.717) is 16.6 Å². The van der Waals surface area contributed by atoms with Crippen molar-refractivity contribution in [3.8, 4) is 5.75 Å². The summed E-state index contributed by atoms with van der Waals surface area (Å²) in [5.74, 6) is 5.01. The maximum Gasteiger partial charge on any atom is 0.273 e. The smallest absolute Gasteiger partial charge is 0.273 e. The third kappa shape index (κ3) is 4.30. The minimum atomic E-state index is -0.499. The molecule has 1 rings (SSSR count). The summed E-state index contributed by atoms with van der Waals surface area (Å²) in [6.07, 6.45) is 0.710. The third-order valence-electron chi connectivity index (χ3n) is 2.09. The minimum Gasteiger partial charge on any atom is -0.492 e. The monoisotopic (exact) mass is 317 g/mol. The van der Waals surface area contributed by atoms with E-state index in [2.05, 4.69) is 15.9 Å². The van der Waals surface area contributed by atoms with E-state index in [-0.39, 0.29) is 24.6 Å². The van der Waals surface area contributed by atoms with Crippen molar-refractivity contribution in [2.45, 2.75) is 12.8 Å². The molecule has 1 aromatic carbocycles.